The Labute approximate surface area is 186 Å². The molecule has 1 atom stereocenters. The van der Waals surface area contributed by atoms with Crippen molar-refractivity contribution in [1.82, 2.24) is 9.80 Å². The lowest BCUT2D eigenvalue weighted by molar-refractivity contribution is 0.0773. The number of hydrogen-bond donors (Lipinski definition) is 0. The van der Waals surface area contributed by atoms with E-state index in [9.17, 15) is 4.79 Å². The van der Waals surface area contributed by atoms with Crippen molar-refractivity contribution in [3.05, 3.63) is 71.3 Å². The van der Waals surface area contributed by atoms with Crippen LogP contribution in [0, 0.1) is 0 Å². The summed E-state index contributed by atoms with van der Waals surface area (Å²) in [4.78, 5) is 17.1. The number of nitrogens with zero attached hydrogens (tertiary/aromatic N) is 2. The van der Waals surface area contributed by atoms with Gasteiger partial charge in [-0.3, -0.25) is 4.79 Å². The molecule has 0 radical (unpaired) electrons. The summed E-state index contributed by atoms with van der Waals surface area (Å²) in [6.07, 6.45) is 5.52. The zero-order valence-electron chi connectivity index (χ0n) is 19.1. The highest BCUT2D eigenvalue weighted by Gasteiger charge is 2.37. The molecular formula is C27H34N2O2. The SMILES string of the molecule is CCN1CCCC2(C=C(c3ccc(C(=O)N(CC)CC)cc3)c3ccccc3O2)CC1. The maximum Gasteiger partial charge on any atom is 0.253 e. The van der Waals surface area contributed by atoms with Crippen LogP contribution in [0.1, 0.15) is 61.5 Å². The van der Waals surface area contributed by atoms with Crippen LogP contribution >= 0.6 is 0 Å². The van der Waals surface area contributed by atoms with Crippen LogP contribution in [0.3, 0.4) is 0 Å². The zero-order valence-corrected chi connectivity index (χ0v) is 19.1. The molecule has 2 heterocycles. The van der Waals surface area contributed by atoms with Crippen molar-refractivity contribution in [2.75, 3.05) is 32.7 Å². The summed E-state index contributed by atoms with van der Waals surface area (Å²) in [5, 5.41) is 0. The van der Waals surface area contributed by atoms with Gasteiger partial charge < -0.3 is 14.5 Å². The molecule has 0 aliphatic carbocycles. The first kappa shape index (κ1) is 21.6. The predicted molar refractivity (Wildman–Crippen MR) is 127 cm³/mol. The van der Waals surface area contributed by atoms with Crippen molar-refractivity contribution < 1.29 is 9.53 Å². The Morgan fingerprint density at radius 2 is 1.74 bits per heavy atom. The normalized spacial score (nSPS) is 21.1. The van der Waals surface area contributed by atoms with Crippen LogP contribution in [0.2, 0.25) is 0 Å². The Morgan fingerprint density at radius 1 is 1.00 bits per heavy atom. The molecule has 1 spiro atoms. The summed E-state index contributed by atoms with van der Waals surface area (Å²) in [6.45, 7) is 11.0. The first-order valence-corrected chi connectivity index (χ1v) is 11.7. The van der Waals surface area contributed by atoms with Crippen LogP contribution in [0.15, 0.2) is 54.6 Å². The van der Waals surface area contributed by atoms with Gasteiger partial charge in [-0.25, -0.2) is 0 Å². The van der Waals surface area contributed by atoms with Gasteiger partial charge in [0.15, 0.2) is 0 Å². The number of amides is 1. The summed E-state index contributed by atoms with van der Waals surface area (Å²) in [5.41, 5.74) is 3.98. The van der Waals surface area contributed by atoms with E-state index in [2.05, 4.69) is 54.3 Å². The van der Waals surface area contributed by atoms with Crippen LogP contribution in [-0.2, 0) is 0 Å². The first-order valence-electron chi connectivity index (χ1n) is 11.7. The molecule has 2 aliphatic rings. The van der Waals surface area contributed by atoms with Gasteiger partial charge in [0, 0.05) is 37.2 Å². The summed E-state index contributed by atoms with van der Waals surface area (Å²) in [5.74, 6) is 1.06. The van der Waals surface area contributed by atoms with E-state index in [1.807, 2.05) is 30.9 Å². The lowest BCUT2D eigenvalue weighted by Crippen LogP contribution is -2.38. The van der Waals surface area contributed by atoms with E-state index in [1.165, 1.54) is 5.57 Å². The minimum absolute atomic E-state index is 0.0952. The molecule has 2 aliphatic heterocycles. The Hall–Kier alpha value is -2.59. The van der Waals surface area contributed by atoms with Crippen LogP contribution < -0.4 is 4.74 Å². The minimum Gasteiger partial charge on any atom is -0.482 e. The Bertz CT molecular complexity index is 946. The van der Waals surface area contributed by atoms with Gasteiger partial charge in [0.2, 0.25) is 0 Å². The number of ether oxygens (including phenoxy) is 1. The Kier molecular flexibility index (Phi) is 6.47. The van der Waals surface area contributed by atoms with Gasteiger partial charge in [-0.2, -0.15) is 0 Å². The summed E-state index contributed by atoms with van der Waals surface area (Å²) in [6, 6.07) is 16.5. The molecule has 2 aromatic carbocycles. The molecule has 0 saturated carbocycles. The van der Waals surface area contributed by atoms with E-state index in [-0.39, 0.29) is 11.5 Å². The molecule has 164 valence electrons. The van der Waals surface area contributed by atoms with Gasteiger partial charge >= 0.3 is 0 Å². The molecule has 4 rings (SSSR count). The van der Waals surface area contributed by atoms with E-state index in [0.717, 1.165) is 74.4 Å². The highest BCUT2D eigenvalue weighted by atomic mass is 16.5. The molecule has 4 heteroatoms. The van der Waals surface area contributed by atoms with Crippen LogP contribution in [-0.4, -0.2) is 54.0 Å². The van der Waals surface area contributed by atoms with Crippen molar-refractivity contribution in [2.24, 2.45) is 0 Å². The lowest BCUT2D eigenvalue weighted by Gasteiger charge is -2.36. The molecule has 1 saturated heterocycles. The topological polar surface area (TPSA) is 32.8 Å². The van der Waals surface area contributed by atoms with Gasteiger partial charge in [0.1, 0.15) is 11.4 Å². The molecular weight excluding hydrogens is 384 g/mol. The molecule has 0 N–H and O–H groups in total. The minimum atomic E-state index is -0.261. The van der Waals surface area contributed by atoms with Gasteiger partial charge in [0.05, 0.1) is 0 Å². The molecule has 0 aromatic heterocycles. The van der Waals surface area contributed by atoms with E-state index in [0.29, 0.717) is 0 Å². The average Bonchev–Trinajstić information content (AvgIpc) is 3.01. The van der Waals surface area contributed by atoms with Crippen LogP contribution in [0.4, 0.5) is 0 Å². The van der Waals surface area contributed by atoms with Crippen molar-refractivity contribution in [3.63, 3.8) is 0 Å². The molecule has 1 amide bonds. The maximum atomic E-state index is 12.7. The second kappa shape index (κ2) is 9.27. The largest absolute Gasteiger partial charge is 0.482 e. The number of hydrogen-bond acceptors (Lipinski definition) is 3. The number of para-hydroxylation sites is 1. The third kappa shape index (κ3) is 4.40. The van der Waals surface area contributed by atoms with Crippen LogP contribution in [0.5, 0.6) is 5.75 Å². The second-order valence-electron chi connectivity index (χ2n) is 8.56. The fourth-order valence-corrected chi connectivity index (χ4v) is 4.84. The van der Waals surface area contributed by atoms with Gasteiger partial charge in [0.25, 0.3) is 5.91 Å². The maximum absolute atomic E-state index is 12.7. The van der Waals surface area contributed by atoms with E-state index in [1.54, 1.807) is 0 Å². The fourth-order valence-electron chi connectivity index (χ4n) is 4.84. The zero-order chi connectivity index (χ0) is 21.8. The molecule has 1 unspecified atom stereocenters. The Morgan fingerprint density at radius 3 is 2.45 bits per heavy atom. The molecule has 4 nitrogen and oxygen atoms in total. The van der Waals surface area contributed by atoms with Gasteiger partial charge in [-0.15, -0.1) is 0 Å². The quantitative estimate of drug-likeness (QED) is 0.666. The first-order chi connectivity index (χ1) is 15.1. The lowest BCUT2D eigenvalue weighted by atomic mass is 9.84. The standard InChI is InChI=1S/C27H34N2O2/c1-4-28-18-9-16-27(17-19-28)20-24(23-10-7-8-11-25(23)31-27)21-12-14-22(15-13-21)26(30)29(5-2)6-3/h7-8,10-15,20H,4-6,9,16-19H2,1-3H3. The van der Waals surface area contributed by atoms with E-state index >= 15 is 0 Å². The second-order valence-corrected chi connectivity index (χ2v) is 8.56. The summed E-state index contributed by atoms with van der Waals surface area (Å²) >= 11 is 0. The third-order valence-corrected chi connectivity index (χ3v) is 6.76. The number of benzene rings is 2. The third-order valence-electron chi connectivity index (χ3n) is 6.76. The average molecular weight is 419 g/mol. The summed E-state index contributed by atoms with van der Waals surface area (Å²) in [7, 11) is 0. The predicted octanol–water partition coefficient (Wildman–Crippen LogP) is 5.24. The number of likely N-dealkylation sites (tertiary alicyclic amines) is 1. The smallest absolute Gasteiger partial charge is 0.253 e. The van der Waals surface area contributed by atoms with Gasteiger partial charge in [-0.1, -0.05) is 37.3 Å². The van der Waals surface area contributed by atoms with Crippen molar-refractivity contribution in [2.45, 2.75) is 45.6 Å². The Balaban J connectivity index is 1.69. The number of rotatable bonds is 5. The monoisotopic (exact) mass is 418 g/mol. The molecule has 2 aromatic rings. The van der Waals surface area contributed by atoms with Gasteiger partial charge in [-0.05, 0) is 75.2 Å². The highest BCUT2D eigenvalue weighted by molar-refractivity contribution is 5.95. The molecule has 31 heavy (non-hydrogen) atoms. The van der Waals surface area contributed by atoms with Crippen LogP contribution in [0.25, 0.3) is 5.57 Å². The highest BCUT2D eigenvalue weighted by Crippen LogP contribution is 2.43. The van der Waals surface area contributed by atoms with Crippen molar-refractivity contribution in [1.29, 1.82) is 0 Å². The van der Waals surface area contributed by atoms with E-state index in [4.69, 9.17) is 4.74 Å². The van der Waals surface area contributed by atoms with Crippen molar-refractivity contribution >= 4 is 11.5 Å². The van der Waals surface area contributed by atoms with E-state index < -0.39 is 0 Å². The number of carbonyl (C=O) groups excluding carboxylic acids is 1. The number of fused-ring (bicyclic) bond motifs is 1. The fraction of sp³-hybridized carbons (Fsp3) is 0.444. The van der Waals surface area contributed by atoms with Crippen molar-refractivity contribution in [3.8, 4) is 5.75 Å². The molecule has 0 bridgehead atoms. The summed E-state index contributed by atoms with van der Waals surface area (Å²) < 4.78 is 6.64. The number of carbonyl (C=O) groups is 1. The molecule has 1 fully saturated rings.